The predicted molar refractivity (Wildman–Crippen MR) is 139 cm³/mol. The molecule has 2 aromatic carbocycles. The van der Waals surface area contributed by atoms with Crippen molar-refractivity contribution >= 4 is 11.6 Å². The first kappa shape index (κ1) is 25.0. The van der Waals surface area contributed by atoms with Gasteiger partial charge in [0.2, 0.25) is 0 Å². The summed E-state index contributed by atoms with van der Waals surface area (Å²) < 4.78 is 21.1. The van der Waals surface area contributed by atoms with Gasteiger partial charge in [-0.15, -0.1) is 0 Å². The number of morpholine rings is 1. The number of benzene rings is 2. The molecule has 5 atom stereocenters. The summed E-state index contributed by atoms with van der Waals surface area (Å²) in [5, 5.41) is 13.8. The van der Waals surface area contributed by atoms with Gasteiger partial charge < -0.3 is 24.6 Å². The Balaban J connectivity index is 1.40. The van der Waals surface area contributed by atoms with E-state index < -0.39 is 6.10 Å². The van der Waals surface area contributed by atoms with Crippen LogP contribution in [-0.4, -0.2) is 58.0 Å². The molecule has 37 heavy (non-hydrogen) atoms. The second kappa shape index (κ2) is 10.8. The topological polar surface area (TPSA) is 79.6 Å². The first-order valence-corrected chi connectivity index (χ1v) is 12.7. The van der Waals surface area contributed by atoms with Gasteiger partial charge in [-0.2, -0.15) is 0 Å². The SMILES string of the molecule is CC1CN(c2ccc(C(=O)N[C@@H]3CC[C@@H](n4ccnc4)[C@@H]3O)cc2C#Cc2ccc(F)cc2)C[C@H](C)O1. The van der Waals surface area contributed by atoms with E-state index in [1.807, 2.05) is 30.7 Å². The van der Waals surface area contributed by atoms with Gasteiger partial charge in [0.1, 0.15) is 5.82 Å². The first-order chi connectivity index (χ1) is 17.9. The average Bonchev–Trinajstić information content (AvgIpc) is 3.53. The minimum Gasteiger partial charge on any atom is -0.389 e. The number of carbonyl (C=O) groups excluding carboxylic acids is 1. The molecule has 1 aromatic heterocycles. The number of aromatic nitrogens is 2. The number of carbonyl (C=O) groups is 1. The summed E-state index contributed by atoms with van der Waals surface area (Å²) in [5.74, 6) is 5.74. The lowest BCUT2D eigenvalue weighted by atomic mass is 10.0. The van der Waals surface area contributed by atoms with Crippen molar-refractivity contribution in [3.8, 4) is 11.8 Å². The minimum absolute atomic E-state index is 0.0666. The highest BCUT2D eigenvalue weighted by atomic mass is 19.1. The summed E-state index contributed by atoms with van der Waals surface area (Å²) in [6, 6.07) is 11.1. The summed E-state index contributed by atoms with van der Waals surface area (Å²) in [6.07, 6.45) is 6.06. The van der Waals surface area contributed by atoms with Gasteiger partial charge >= 0.3 is 0 Å². The van der Waals surface area contributed by atoms with Crippen LogP contribution in [0.15, 0.2) is 61.2 Å². The molecule has 1 saturated carbocycles. The van der Waals surface area contributed by atoms with Crippen molar-refractivity contribution in [2.45, 2.75) is 57.1 Å². The Bertz CT molecular complexity index is 1290. The molecule has 1 aliphatic carbocycles. The van der Waals surface area contributed by atoms with E-state index in [9.17, 15) is 14.3 Å². The second-order valence-electron chi connectivity index (χ2n) is 9.88. The van der Waals surface area contributed by atoms with Gasteiger partial charge in [-0.25, -0.2) is 9.37 Å². The number of amides is 1. The van der Waals surface area contributed by atoms with Crippen LogP contribution in [0.2, 0.25) is 0 Å². The van der Waals surface area contributed by atoms with E-state index >= 15 is 0 Å². The molecule has 0 bridgehead atoms. The number of hydrogen-bond acceptors (Lipinski definition) is 5. The van der Waals surface area contributed by atoms with E-state index in [1.54, 1.807) is 36.8 Å². The van der Waals surface area contributed by atoms with E-state index in [-0.39, 0.29) is 36.0 Å². The van der Waals surface area contributed by atoms with Crippen molar-refractivity contribution in [2.75, 3.05) is 18.0 Å². The van der Waals surface area contributed by atoms with E-state index in [0.29, 0.717) is 36.2 Å². The van der Waals surface area contributed by atoms with E-state index in [1.165, 1.54) is 12.1 Å². The lowest BCUT2D eigenvalue weighted by molar-refractivity contribution is -0.00523. The van der Waals surface area contributed by atoms with Gasteiger partial charge in [0, 0.05) is 42.2 Å². The van der Waals surface area contributed by atoms with Crippen LogP contribution < -0.4 is 10.2 Å². The fourth-order valence-electron chi connectivity index (χ4n) is 5.26. The third kappa shape index (κ3) is 5.68. The van der Waals surface area contributed by atoms with Gasteiger partial charge in [0.25, 0.3) is 5.91 Å². The van der Waals surface area contributed by atoms with Crippen LogP contribution in [0.1, 0.15) is 54.2 Å². The predicted octanol–water partition coefficient (Wildman–Crippen LogP) is 3.53. The Kier molecular flexibility index (Phi) is 7.26. The summed E-state index contributed by atoms with van der Waals surface area (Å²) >= 11 is 0. The zero-order chi connectivity index (χ0) is 25.9. The van der Waals surface area contributed by atoms with Crippen LogP contribution in [0, 0.1) is 17.7 Å². The number of imidazole rings is 1. The number of aliphatic hydroxyl groups is 1. The maximum atomic E-state index is 13.3. The quantitative estimate of drug-likeness (QED) is 0.534. The maximum absolute atomic E-state index is 13.3. The third-order valence-corrected chi connectivity index (χ3v) is 7.01. The molecular weight excluding hydrogens is 471 g/mol. The van der Waals surface area contributed by atoms with E-state index in [4.69, 9.17) is 4.74 Å². The Morgan fingerprint density at radius 2 is 1.86 bits per heavy atom. The Hall–Kier alpha value is -3.67. The van der Waals surface area contributed by atoms with Crippen molar-refractivity contribution in [3.63, 3.8) is 0 Å². The van der Waals surface area contributed by atoms with Crippen LogP contribution in [0.4, 0.5) is 10.1 Å². The minimum atomic E-state index is -0.702. The zero-order valence-corrected chi connectivity index (χ0v) is 21.0. The van der Waals surface area contributed by atoms with E-state index in [0.717, 1.165) is 12.1 Å². The molecule has 5 rings (SSSR count). The fourth-order valence-corrected chi connectivity index (χ4v) is 5.26. The van der Waals surface area contributed by atoms with Crippen molar-refractivity contribution in [3.05, 3.63) is 83.7 Å². The first-order valence-electron chi connectivity index (χ1n) is 12.7. The summed E-state index contributed by atoms with van der Waals surface area (Å²) in [7, 11) is 0. The summed E-state index contributed by atoms with van der Waals surface area (Å²) in [6.45, 7) is 5.51. The summed E-state index contributed by atoms with van der Waals surface area (Å²) in [4.78, 5) is 19.5. The van der Waals surface area contributed by atoms with Gasteiger partial charge in [-0.05, 0) is 69.2 Å². The molecule has 1 aliphatic heterocycles. The standard InChI is InChI=1S/C29H31FN4O3/c1-19-16-34(17-20(2)37-19)26-11-7-23(15-22(26)6-3-21-4-8-24(30)9-5-21)29(36)32-25-10-12-27(28(25)35)33-14-13-31-18-33/h4-5,7-9,11,13-15,18-20,25,27-28,35H,10,12,16-17H2,1-2H3,(H,32,36)/t19-,20?,25+,27+,28+/m0/s1. The number of aliphatic hydroxyl groups excluding tert-OH is 1. The van der Waals surface area contributed by atoms with Crippen molar-refractivity contribution in [2.24, 2.45) is 0 Å². The molecule has 1 unspecified atom stereocenters. The van der Waals surface area contributed by atoms with Crippen molar-refractivity contribution in [1.82, 2.24) is 14.9 Å². The van der Waals surface area contributed by atoms with Crippen molar-refractivity contribution < 1.29 is 19.0 Å². The Morgan fingerprint density at radius 1 is 1.11 bits per heavy atom. The molecule has 192 valence electrons. The number of nitrogens with one attached hydrogen (secondary N) is 1. The number of rotatable bonds is 4. The zero-order valence-electron chi connectivity index (χ0n) is 21.0. The summed E-state index contributed by atoms with van der Waals surface area (Å²) in [5.41, 5.74) is 2.79. The number of hydrogen-bond donors (Lipinski definition) is 2. The molecule has 1 saturated heterocycles. The lowest BCUT2D eigenvalue weighted by Crippen LogP contribution is -2.45. The highest BCUT2D eigenvalue weighted by Crippen LogP contribution is 2.31. The molecular formula is C29H31FN4O3. The molecule has 3 aromatic rings. The monoisotopic (exact) mass is 502 g/mol. The fraction of sp³-hybridized carbons (Fsp3) is 0.379. The highest BCUT2D eigenvalue weighted by molar-refractivity contribution is 5.95. The Morgan fingerprint density at radius 3 is 2.57 bits per heavy atom. The molecule has 0 radical (unpaired) electrons. The van der Waals surface area contributed by atoms with Crippen molar-refractivity contribution in [1.29, 1.82) is 0 Å². The van der Waals surface area contributed by atoms with Gasteiger partial charge in [0.15, 0.2) is 0 Å². The third-order valence-electron chi connectivity index (χ3n) is 7.01. The highest BCUT2D eigenvalue weighted by Gasteiger charge is 2.36. The van der Waals surface area contributed by atoms with Crippen LogP contribution in [-0.2, 0) is 4.74 Å². The average molecular weight is 503 g/mol. The van der Waals surface area contributed by atoms with Crippen LogP contribution in [0.25, 0.3) is 0 Å². The second-order valence-corrected chi connectivity index (χ2v) is 9.88. The number of anilines is 1. The molecule has 2 N–H and O–H groups in total. The van der Waals surface area contributed by atoms with Gasteiger partial charge in [0.05, 0.1) is 42.4 Å². The van der Waals surface area contributed by atoms with Crippen LogP contribution in [0.3, 0.4) is 0 Å². The number of ether oxygens (including phenoxy) is 1. The molecule has 2 heterocycles. The van der Waals surface area contributed by atoms with E-state index in [2.05, 4.69) is 27.0 Å². The molecule has 0 spiro atoms. The largest absolute Gasteiger partial charge is 0.389 e. The molecule has 2 aliphatic rings. The van der Waals surface area contributed by atoms with Crippen LogP contribution >= 0.6 is 0 Å². The lowest BCUT2D eigenvalue weighted by Gasteiger charge is -2.37. The molecule has 8 heteroatoms. The maximum Gasteiger partial charge on any atom is 0.251 e. The normalized spacial score (nSPS) is 25.4. The Labute approximate surface area is 216 Å². The smallest absolute Gasteiger partial charge is 0.251 e. The van der Waals surface area contributed by atoms with Gasteiger partial charge in [-0.1, -0.05) is 11.8 Å². The molecule has 7 nitrogen and oxygen atoms in total. The number of halogens is 1. The van der Waals surface area contributed by atoms with Crippen LogP contribution in [0.5, 0.6) is 0 Å². The molecule has 1 amide bonds. The van der Waals surface area contributed by atoms with Gasteiger partial charge in [-0.3, -0.25) is 4.79 Å². The molecule has 2 fully saturated rings. The number of nitrogens with zero attached hydrogens (tertiary/aromatic N) is 3.